The van der Waals surface area contributed by atoms with Gasteiger partial charge in [0.1, 0.15) is 0 Å². The van der Waals surface area contributed by atoms with E-state index >= 15 is 0 Å². The van der Waals surface area contributed by atoms with Crippen molar-refractivity contribution >= 4 is 21.8 Å². The van der Waals surface area contributed by atoms with Crippen LogP contribution in [0.3, 0.4) is 0 Å². The number of carbonyl (C=O) groups excluding carboxylic acids is 2. The number of rotatable bonds is 6. The number of imide groups is 1. The smallest absolute Gasteiger partial charge is 0.417 e. The van der Waals surface area contributed by atoms with Crippen molar-refractivity contribution in [3.05, 3.63) is 29.3 Å². The number of nitrogens with zero attached hydrogens (tertiary/aromatic N) is 1. The Morgan fingerprint density at radius 1 is 1.33 bits per heavy atom. The lowest BCUT2D eigenvalue weighted by Gasteiger charge is -2.13. The van der Waals surface area contributed by atoms with Gasteiger partial charge in [-0.25, -0.2) is 18.1 Å². The van der Waals surface area contributed by atoms with Gasteiger partial charge in [0.2, 0.25) is 0 Å². The molecular weight excluding hydrogens is 330 g/mol. The Labute approximate surface area is 141 Å². The Morgan fingerprint density at radius 2 is 2.08 bits per heavy atom. The van der Waals surface area contributed by atoms with E-state index < -0.39 is 21.8 Å². The van der Waals surface area contributed by atoms with E-state index in [-0.39, 0.29) is 29.7 Å². The van der Waals surface area contributed by atoms with Gasteiger partial charge in [-0.05, 0) is 48.9 Å². The highest BCUT2D eigenvalue weighted by molar-refractivity contribution is 7.91. The molecule has 0 spiro atoms. The third kappa shape index (κ3) is 3.45. The van der Waals surface area contributed by atoms with Gasteiger partial charge in [-0.3, -0.25) is 4.79 Å². The van der Waals surface area contributed by atoms with Crippen LogP contribution in [0.25, 0.3) is 0 Å². The number of sulfone groups is 1. The zero-order valence-electron chi connectivity index (χ0n) is 13.7. The second kappa shape index (κ2) is 6.55. The molecule has 1 saturated carbocycles. The predicted octanol–water partition coefficient (Wildman–Crippen LogP) is 2.76. The Hall–Kier alpha value is -1.89. The Bertz CT molecular complexity index is 767. The molecule has 1 aromatic carbocycles. The fourth-order valence-electron chi connectivity index (χ4n) is 2.71. The molecular formula is C17H21NO5S. The first-order chi connectivity index (χ1) is 11.4. The maximum absolute atomic E-state index is 12.4. The van der Waals surface area contributed by atoms with Gasteiger partial charge in [0, 0.05) is 5.56 Å². The largest absolute Gasteiger partial charge is 0.449 e. The number of benzene rings is 1. The third-order valence-corrected chi connectivity index (χ3v) is 6.22. The average molecular weight is 351 g/mol. The number of unbranched alkanes of at least 4 members (excludes halogenated alkanes) is 1. The zero-order valence-corrected chi connectivity index (χ0v) is 14.5. The average Bonchev–Trinajstić information content (AvgIpc) is 3.28. The summed E-state index contributed by atoms with van der Waals surface area (Å²) in [4.78, 5) is 25.5. The summed E-state index contributed by atoms with van der Waals surface area (Å²) in [6.45, 7) is 2.32. The molecule has 1 aliphatic carbocycles. The molecule has 7 heteroatoms. The second-order valence-electron chi connectivity index (χ2n) is 6.40. The number of carbonyl (C=O) groups is 2. The first-order valence-electron chi connectivity index (χ1n) is 8.26. The maximum Gasteiger partial charge on any atom is 0.417 e. The molecule has 130 valence electrons. The number of amides is 2. The van der Waals surface area contributed by atoms with Gasteiger partial charge >= 0.3 is 6.09 Å². The van der Waals surface area contributed by atoms with Crippen LogP contribution in [0.5, 0.6) is 0 Å². The van der Waals surface area contributed by atoms with Crippen LogP contribution in [-0.2, 0) is 21.1 Å². The number of fused-ring (bicyclic) bond motifs is 1. The highest BCUT2D eigenvalue weighted by Gasteiger charge is 2.35. The SMILES string of the molecule is CCCCOC(=O)N1Cc2cc(S(=O)(=O)CC3CC3)ccc2C1=O. The lowest BCUT2D eigenvalue weighted by Crippen LogP contribution is -2.31. The van der Waals surface area contributed by atoms with E-state index in [1.54, 1.807) is 0 Å². The van der Waals surface area contributed by atoms with Gasteiger partial charge in [0.15, 0.2) is 9.84 Å². The summed E-state index contributed by atoms with van der Waals surface area (Å²) >= 11 is 0. The molecule has 0 radical (unpaired) electrons. The Kier molecular flexibility index (Phi) is 4.62. The fraction of sp³-hybridized carbons (Fsp3) is 0.529. The van der Waals surface area contributed by atoms with Crippen molar-refractivity contribution in [2.45, 2.75) is 44.0 Å². The molecule has 6 nitrogen and oxygen atoms in total. The molecule has 24 heavy (non-hydrogen) atoms. The van der Waals surface area contributed by atoms with Gasteiger partial charge in [-0.2, -0.15) is 0 Å². The minimum atomic E-state index is -3.34. The molecule has 2 amide bonds. The third-order valence-electron chi connectivity index (χ3n) is 4.34. The molecule has 0 aromatic heterocycles. The molecule has 1 heterocycles. The van der Waals surface area contributed by atoms with Crippen LogP contribution < -0.4 is 0 Å². The van der Waals surface area contributed by atoms with Gasteiger partial charge < -0.3 is 4.74 Å². The lowest BCUT2D eigenvalue weighted by molar-refractivity contribution is 0.0678. The molecule has 3 rings (SSSR count). The van der Waals surface area contributed by atoms with Crippen LogP contribution in [0.4, 0.5) is 4.79 Å². The summed E-state index contributed by atoms with van der Waals surface area (Å²) in [5.41, 5.74) is 0.928. The molecule has 1 aromatic rings. The topological polar surface area (TPSA) is 80.8 Å². The fourth-order valence-corrected chi connectivity index (χ4v) is 4.45. The molecule has 1 aliphatic heterocycles. The molecule has 2 aliphatic rings. The van der Waals surface area contributed by atoms with Crippen LogP contribution in [-0.4, -0.2) is 37.7 Å². The monoisotopic (exact) mass is 351 g/mol. The van der Waals surface area contributed by atoms with Crippen molar-refractivity contribution < 1.29 is 22.7 Å². The molecule has 0 atom stereocenters. The first-order valence-corrected chi connectivity index (χ1v) is 9.92. The van der Waals surface area contributed by atoms with Crippen LogP contribution in [0, 0.1) is 5.92 Å². The summed E-state index contributed by atoms with van der Waals surface area (Å²) in [7, 11) is -3.34. The van der Waals surface area contributed by atoms with Crippen LogP contribution in [0.15, 0.2) is 23.1 Å². The number of ether oxygens (including phenoxy) is 1. The van der Waals surface area contributed by atoms with E-state index in [9.17, 15) is 18.0 Å². The van der Waals surface area contributed by atoms with Gasteiger partial charge in [0.25, 0.3) is 5.91 Å². The van der Waals surface area contributed by atoms with Gasteiger partial charge in [0.05, 0.1) is 23.8 Å². The summed E-state index contributed by atoms with van der Waals surface area (Å²) in [6.07, 6.45) is 2.88. The zero-order chi connectivity index (χ0) is 17.3. The maximum atomic E-state index is 12.4. The van der Waals surface area contributed by atoms with Crippen LogP contribution >= 0.6 is 0 Å². The van der Waals surface area contributed by atoms with Crippen molar-refractivity contribution in [1.29, 1.82) is 0 Å². The summed E-state index contributed by atoms with van der Waals surface area (Å²) in [5.74, 6) is -0.0183. The summed E-state index contributed by atoms with van der Waals surface area (Å²) in [6, 6.07) is 4.47. The van der Waals surface area contributed by atoms with E-state index in [1.807, 2.05) is 6.92 Å². The highest BCUT2D eigenvalue weighted by atomic mass is 32.2. The number of hydrogen-bond donors (Lipinski definition) is 0. The van der Waals surface area contributed by atoms with Crippen molar-refractivity contribution in [2.24, 2.45) is 5.92 Å². The number of hydrogen-bond acceptors (Lipinski definition) is 5. The van der Waals surface area contributed by atoms with Gasteiger partial charge in [-0.1, -0.05) is 13.3 Å². The Balaban J connectivity index is 1.75. The van der Waals surface area contributed by atoms with Crippen molar-refractivity contribution in [2.75, 3.05) is 12.4 Å². The van der Waals surface area contributed by atoms with E-state index in [4.69, 9.17) is 4.74 Å². The molecule has 0 unspecified atom stereocenters. The molecule has 0 N–H and O–H groups in total. The van der Waals surface area contributed by atoms with Gasteiger partial charge in [-0.15, -0.1) is 0 Å². The van der Waals surface area contributed by atoms with Crippen molar-refractivity contribution in [1.82, 2.24) is 4.90 Å². The predicted molar refractivity (Wildman–Crippen MR) is 87.3 cm³/mol. The minimum Gasteiger partial charge on any atom is -0.449 e. The molecule has 0 saturated heterocycles. The summed E-state index contributed by atoms with van der Waals surface area (Å²) < 4.78 is 29.8. The normalized spacial score (nSPS) is 17.0. The van der Waals surface area contributed by atoms with E-state index in [0.717, 1.165) is 30.6 Å². The van der Waals surface area contributed by atoms with E-state index in [2.05, 4.69) is 0 Å². The highest BCUT2D eigenvalue weighted by Crippen LogP contribution is 2.33. The Morgan fingerprint density at radius 3 is 2.75 bits per heavy atom. The van der Waals surface area contributed by atoms with Crippen molar-refractivity contribution in [3.8, 4) is 0 Å². The van der Waals surface area contributed by atoms with Crippen LogP contribution in [0.1, 0.15) is 48.5 Å². The lowest BCUT2D eigenvalue weighted by atomic mass is 10.1. The summed E-state index contributed by atoms with van der Waals surface area (Å²) in [5, 5.41) is 0. The molecule has 0 bridgehead atoms. The van der Waals surface area contributed by atoms with E-state index in [0.29, 0.717) is 11.1 Å². The van der Waals surface area contributed by atoms with Crippen LogP contribution in [0.2, 0.25) is 0 Å². The van der Waals surface area contributed by atoms with E-state index in [1.165, 1.54) is 18.2 Å². The molecule has 1 fully saturated rings. The van der Waals surface area contributed by atoms with Crippen molar-refractivity contribution in [3.63, 3.8) is 0 Å². The standard InChI is InChI=1S/C17H21NO5S/c1-2-3-8-23-17(20)18-10-13-9-14(6-7-15(13)16(18)19)24(21,22)11-12-4-5-12/h6-7,9,12H,2-5,8,10-11H2,1H3. The second-order valence-corrected chi connectivity index (χ2v) is 8.44. The quantitative estimate of drug-likeness (QED) is 0.736. The minimum absolute atomic E-state index is 0.0614. The first kappa shape index (κ1) is 17.0.